The molecule has 0 aliphatic carbocycles. The Kier molecular flexibility index (Phi) is 4.66. The molecule has 0 bridgehead atoms. The minimum atomic E-state index is 0.149. The Labute approximate surface area is 118 Å². The Balaban J connectivity index is 1.67. The van der Waals surface area contributed by atoms with Gasteiger partial charge in [-0.1, -0.05) is 26.0 Å². The molecule has 0 amide bonds. The van der Waals surface area contributed by atoms with Gasteiger partial charge in [0.05, 0.1) is 16.9 Å². The summed E-state index contributed by atoms with van der Waals surface area (Å²) in [5.41, 5.74) is 1.28. The summed E-state index contributed by atoms with van der Waals surface area (Å²) in [5, 5.41) is 14.5. The lowest BCUT2D eigenvalue weighted by Crippen LogP contribution is -2.17. The van der Waals surface area contributed by atoms with Crippen LogP contribution in [0.25, 0.3) is 0 Å². The molecule has 0 radical (unpaired) electrons. The molecule has 2 aromatic rings. The normalized spacial score (nSPS) is 11.9. The highest BCUT2D eigenvalue weighted by atomic mass is 32.1. The summed E-state index contributed by atoms with van der Waals surface area (Å²) in [6.07, 6.45) is 4.63. The Morgan fingerprint density at radius 2 is 2.21 bits per heavy atom. The number of hydrogen-bond donors (Lipinski definition) is 1. The lowest BCUT2D eigenvalue weighted by atomic mass is 9.98. The highest BCUT2D eigenvalue weighted by Gasteiger charge is 2.17. The smallest absolute Gasteiger partial charge is 0.0982 e. The maximum atomic E-state index is 4.66. The van der Waals surface area contributed by atoms with Gasteiger partial charge in [0.2, 0.25) is 0 Å². The quantitative estimate of drug-likeness (QED) is 0.824. The van der Waals surface area contributed by atoms with Gasteiger partial charge in [0.25, 0.3) is 0 Å². The van der Waals surface area contributed by atoms with E-state index in [1.807, 2.05) is 10.9 Å². The molecule has 0 saturated carbocycles. The molecule has 0 fully saturated rings. The first-order chi connectivity index (χ1) is 9.05. The molecule has 0 atom stereocenters. The van der Waals surface area contributed by atoms with Crippen molar-refractivity contribution in [1.82, 2.24) is 25.3 Å². The van der Waals surface area contributed by atoms with E-state index in [-0.39, 0.29) is 5.41 Å². The Morgan fingerprint density at radius 1 is 1.37 bits per heavy atom. The van der Waals surface area contributed by atoms with Crippen LogP contribution in [0.1, 0.15) is 37.9 Å². The molecule has 0 aliphatic rings. The van der Waals surface area contributed by atoms with E-state index in [2.05, 4.69) is 46.8 Å². The topological polar surface area (TPSA) is 55.6 Å². The second-order valence-electron chi connectivity index (χ2n) is 5.59. The van der Waals surface area contributed by atoms with E-state index in [4.69, 9.17) is 0 Å². The number of nitrogens with zero attached hydrogens (tertiary/aromatic N) is 4. The Morgan fingerprint density at radius 3 is 2.84 bits per heavy atom. The zero-order chi connectivity index (χ0) is 13.7. The molecule has 0 aliphatic heterocycles. The molecule has 0 saturated heterocycles. The monoisotopic (exact) mass is 279 g/mol. The second kappa shape index (κ2) is 6.25. The number of rotatable bonds is 6. The molecule has 0 unspecified atom stereocenters. The van der Waals surface area contributed by atoms with E-state index in [1.54, 1.807) is 17.5 Å². The minimum Gasteiger partial charge on any atom is -0.311 e. The standard InChI is InChI=1S/C13H21N5S/c1-13(2,3)12-16-11(10-19-12)9-14-5-4-7-18-8-6-15-17-18/h6,8,10,14H,4-5,7,9H2,1-3H3. The maximum absolute atomic E-state index is 4.66. The predicted octanol–water partition coefficient (Wildman–Crippen LogP) is 2.21. The predicted molar refractivity (Wildman–Crippen MR) is 77.2 cm³/mol. The van der Waals surface area contributed by atoms with Gasteiger partial charge in [-0.3, -0.25) is 4.68 Å². The molecule has 2 rings (SSSR count). The van der Waals surface area contributed by atoms with Crippen molar-refractivity contribution in [3.63, 3.8) is 0 Å². The van der Waals surface area contributed by atoms with Crippen LogP contribution in [0.3, 0.4) is 0 Å². The third-order valence-electron chi connectivity index (χ3n) is 2.71. The summed E-state index contributed by atoms with van der Waals surface area (Å²) in [7, 11) is 0. The van der Waals surface area contributed by atoms with Crippen molar-refractivity contribution in [2.24, 2.45) is 0 Å². The fraction of sp³-hybridized carbons (Fsp3) is 0.615. The summed E-state index contributed by atoms with van der Waals surface area (Å²) in [4.78, 5) is 4.66. The van der Waals surface area contributed by atoms with Gasteiger partial charge in [-0.2, -0.15) is 0 Å². The Bertz CT molecular complexity index is 483. The van der Waals surface area contributed by atoms with Crippen LogP contribution in [0.5, 0.6) is 0 Å². The zero-order valence-electron chi connectivity index (χ0n) is 11.8. The molecular formula is C13H21N5S. The van der Waals surface area contributed by atoms with Gasteiger partial charge in [-0.05, 0) is 13.0 Å². The van der Waals surface area contributed by atoms with E-state index in [0.29, 0.717) is 0 Å². The van der Waals surface area contributed by atoms with Crippen LogP contribution < -0.4 is 5.32 Å². The van der Waals surface area contributed by atoms with Gasteiger partial charge < -0.3 is 5.32 Å². The molecule has 19 heavy (non-hydrogen) atoms. The molecule has 0 aromatic carbocycles. The van der Waals surface area contributed by atoms with Crippen molar-refractivity contribution in [2.45, 2.75) is 45.7 Å². The first-order valence-corrected chi connectivity index (χ1v) is 7.43. The fourth-order valence-corrected chi connectivity index (χ4v) is 2.57. The van der Waals surface area contributed by atoms with E-state index < -0.39 is 0 Å². The average Bonchev–Trinajstić information content (AvgIpc) is 2.97. The van der Waals surface area contributed by atoms with Gasteiger partial charge in [0.15, 0.2) is 0 Å². The van der Waals surface area contributed by atoms with Crippen LogP contribution in [0, 0.1) is 0 Å². The first kappa shape index (κ1) is 14.1. The molecule has 2 aromatic heterocycles. The van der Waals surface area contributed by atoms with Gasteiger partial charge in [0.1, 0.15) is 0 Å². The molecular weight excluding hydrogens is 258 g/mol. The zero-order valence-corrected chi connectivity index (χ0v) is 12.6. The molecule has 104 valence electrons. The van der Waals surface area contributed by atoms with Gasteiger partial charge in [-0.15, -0.1) is 16.4 Å². The second-order valence-corrected chi connectivity index (χ2v) is 6.45. The largest absolute Gasteiger partial charge is 0.311 e. The fourth-order valence-electron chi connectivity index (χ4n) is 1.67. The number of hydrogen-bond acceptors (Lipinski definition) is 5. The van der Waals surface area contributed by atoms with Crippen LogP contribution in [0.15, 0.2) is 17.8 Å². The number of aryl methyl sites for hydroxylation is 1. The van der Waals surface area contributed by atoms with Gasteiger partial charge in [0, 0.05) is 30.1 Å². The number of aromatic nitrogens is 4. The van der Waals surface area contributed by atoms with Crippen molar-refractivity contribution < 1.29 is 0 Å². The van der Waals surface area contributed by atoms with Crippen LogP contribution in [-0.4, -0.2) is 26.5 Å². The SMILES string of the molecule is CC(C)(C)c1nc(CNCCCn2ccnn2)cs1. The van der Waals surface area contributed by atoms with Crippen molar-refractivity contribution in [3.05, 3.63) is 28.5 Å². The van der Waals surface area contributed by atoms with Gasteiger partial charge in [-0.25, -0.2) is 4.98 Å². The Hall–Kier alpha value is -1.27. The van der Waals surface area contributed by atoms with E-state index in [1.165, 1.54) is 5.01 Å². The van der Waals surface area contributed by atoms with Crippen molar-refractivity contribution in [1.29, 1.82) is 0 Å². The van der Waals surface area contributed by atoms with Crippen molar-refractivity contribution in [3.8, 4) is 0 Å². The summed E-state index contributed by atoms with van der Waals surface area (Å²) < 4.78 is 1.85. The molecule has 0 spiro atoms. The third kappa shape index (κ3) is 4.40. The molecule has 1 N–H and O–H groups in total. The average molecular weight is 279 g/mol. The maximum Gasteiger partial charge on any atom is 0.0982 e. The lowest BCUT2D eigenvalue weighted by Gasteiger charge is -2.13. The van der Waals surface area contributed by atoms with Gasteiger partial charge >= 0.3 is 0 Å². The molecule has 5 nitrogen and oxygen atoms in total. The summed E-state index contributed by atoms with van der Waals surface area (Å²) in [6.45, 7) is 9.28. The highest BCUT2D eigenvalue weighted by molar-refractivity contribution is 7.09. The number of thiazole rings is 1. The minimum absolute atomic E-state index is 0.149. The molecule has 6 heteroatoms. The summed E-state index contributed by atoms with van der Waals surface area (Å²) in [6, 6.07) is 0. The van der Waals surface area contributed by atoms with Crippen LogP contribution >= 0.6 is 11.3 Å². The highest BCUT2D eigenvalue weighted by Crippen LogP contribution is 2.25. The van der Waals surface area contributed by atoms with E-state index in [9.17, 15) is 0 Å². The third-order valence-corrected chi connectivity index (χ3v) is 4.03. The summed E-state index contributed by atoms with van der Waals surface area (Å²) in [5.74, 6) is 0. The van der Waals surface area contributed by atoms with E-state index >= 15 is 0 Å². The van der Waals surface area contributed by atoms with Crippen molar-refractivity contribution >= 4 is 11.3 Å². The number of nitrogens with one attached hydrogen (secondary N) is 1. The van der Waals surface area contributed by atoms with Crippen molar-refractivity contribution in [2.75, 3.05) is 6.54 Å². The first-order valence-electron chi connectivity index (χ1n) is 6.55. The summed E-state index contributed by atoms with van der Waals surface area (Å²) >= 11 is 1.74. The van der Waals surface area contributed by atoms with Crippen LogP contribution in [0.4, 0.5) is 0 Å². The van der Waals surface area contributed by atoms with E-state index in [0.717, 1.165) is 31.7 Å². The lowest BCUT2D eigenvalue weighted by molar-refractivity contribution is 0.527. The molecule has 2 heterocycles. The van der Waals surface area contributed by atoms with Crippen LogP contribution in [-0.2, 0) is 18.5 Å². The van der Waals surface area contributed by atoms with Crippen LogP contribution in [0.2, 0.25) is 0 Å².